The Balaban J connectivity index is 3.30. The van der Waals surface area contributed by atoms with Crippen LogP contribution in [0.1, 0.15) is 58.8 Å². The summed E-state index contributed by atoms with van der Waals surface area (Å²) in [6, 6.07) is 0. The van der Waals surface area contributed by atoms with Gasteiger partial charge in [0.25, 0.3) is 0 Å². The summed E-state index contributed by atoms with van der Waals surface area (Å²) in [4.78, 5) is 11.6. The molecular weight excluding hydrogens is 186 g/mol. The van der Waals surface area contributed by atoms with Crippen molar-refractivity contribution in [1.82, 2.24) is 5.32 Å². The summed E-state index contributed by atoms with van der Waals surface area (Å²) in [6.07, 6.45) is 8.32. The third kappa shape index (κ3) is 8.61. The standard InChI is InChI=1S/C13H27NO/c1-4-5-6-7-8-9-10-13(15)12(2)11-14-3/h12,14H,4-11H2,1-3H3. The molecule has 1 unspecified atom stereocenters. The molecule has 0 heterocycles. The van der Waals surface area contributed by atoms with Crippen molar-refractivity contribution < 1.29 is 4.79 Å². The molecule has 0 aliphatic carbocycles. The van der Waals surface area contributed by atoms with E-state index in [1.165, 1.54) is 32.1 Å². The largest absolute Gasteiger partial charge is 0.319 e. The van der Waals surface area contributed by atoms with Crippen molar-refractivity contribution in [2.45, 2.75) is 58.8 Å². The molecule has 0 rings (SSSR count). The summed E-state index contributed by atoms with van der Waals surface area (Å²) in [6.45, 7) is 5.05. The summed E-state index contributed by atoms with van der Waals surface area (Å²) in [5, 5.41) is 3.05. The topological polar surface area (TPSA) is 29.1 Å². The van der Waals surface area contributed by atoms with E-state index in [-0.39, 0.29) is 5.92 Å². The van der Waals surface area contributed by atoms with Gasteiger partial charge in [-0.2, -0.15) is 0 Å². The van der Waals surface area contributed by atoms with Crippen LogP contribution in [-0.4, -0.2) is 19.4 Å². The predicted molar refractivity (Wildman–Crippen MR) is 66.1 cm³/mol. The Morgan fingerprint density at radius 1 is 1.13 bits per heavy atom. The van der Waals surface area contributed by atoms with E-state index in [2.05, 4.69) is 12.2 Å². The molecular formula is C13H27NO. The highest BCUT2D eigenvalue weighted by molar-refractivity contribution is 5.80. The van der Waals surface area contributed by atoms with Gasteiger partial charge >= 0.3 is 0 Å². The Hall–Kier alpha value is -0.370. The smallest absolute Gasteiger partial charge is 0.136 e. The minimum Gasteiger partial charge on any atom is -0.319 e. The lowest BCUT2D eigenvalue weighted by Gasteiger charge is -2.09. The molecule has 15 heavy (non-hydrogen) atoms. The second-order valence-electron chi connectivity index (χ2n) is 4.44. The van der Waals surface area contributed by atoms with Crippen molar-refractivity contribution in [1.29, 1.82) is 0 Å². The molecule has 0 amide bonds. The molecule has 0 aliphatic heterocycles. The molecule has 1 atom stereocenters. The first-order valence-electron chi connectivity index (χ1n) is 6.39. The molecule has 2 heteroatoms. The summed E-state index contributed by atoms with van der Waals surface area (Å²) in [7, 11) is 1.90. The number of rotatable bonds is 10. The lowest BCUT2D eigenvalue weighted by atomic mass is 10.00. The van der Waals surface area contributed by atoms with E-state index in [1.54, 1.807) is 0 Å². The first-order chi connectivity index (χ1) is 7.22. The van der Waals surface area contributed by atoms with Crippen molar-refractivity contribution in [3.05, 3.63) is 0 Å². The van der Waals surface area contributed by atoms with E-state index < -0.39 is 0 Å². The summed E-state index contributed by atoms with van der Waals surface area (Å²) < 4.78 is 0. The Morgan fingerprint density at radius 3 is 2.33 bits per heavy atom. The molecule has 0 saturated carbocycles. The molecule has 0 saturated heterocycles. The number of hydrogen-bond donors (Lipinski definition) is 1. The average Bonchev–Trinajstić information content (AvgIpc) is 2.23. The average molecular weight is 213 g/mol. The minimum atomic E-state index is 0.186. The molecule has 90 valence electrons. The van der Waals surface area contributed by atoms with Crippen LogP contribution in [-0.2, 0) is 4.79 Å². The van der Waals surface area contributed by atoms with Crippen LogP contribution in [0.4, 0.5) is 0 Å². The van der Waals surface area contributed by atoms with Gasteiger partial charge in [0, 0.05) is 18.9 Å². The molecule has 0 fully saturated rings. The van der Waals surface area contributed by atoms with Crippen LogP contribution in [0, 0.1) is 5.92 Å². The number of carbonyl (C=O) groups excluding carboxylic acids is 1. The van der Waals surface area contributed by atoms with E-state index in [0.717, 1.165) is 19.4 Å². The van der Waals surface area contributed by atoms with Crippen LogP contribution in [0.3, 0.4) is 0 Å². The van der Waals surface area contributed by atoms with Crippen LogP contribution < -0.4 is 5.32 Å². The van der Waals surface area contributed by atoms with Crippen LogP contribution in [0.2, 0.25) is 0 Å². The fourth-order valence-corrected chi connectivity index (χ4v) is 1.75. The quantitative estimate of drug-likeness (QED) is 0.565. The van der Waals surface area contributed by atoms with Gasteiger partial charge in [0.1, 0.15) is 5.78 Å². The Morgan fingerprint density at radius 2 is 1.73 bits per heavy atom. The van der Waals surface area contributed by atoms with E-state index in [0.29, 0.717) is 5.78 Å². The molecule has 0 aliphatic rings. The van der Waals surface area contributed by atoms with Crippen molar-refractivity contribution >= 4 is 5.78 Å². The summed E-state index contributed by atoms with van der Waals surface area (Å²) in [5.74, 6) is 0.602. The van der Waals surface area contributed by atoms with Crippen molar-refractivity contribution in [3.8, 4) is 0 Å². The van der Waals surface area contributed by atoms with E-state index >= 15 is 0 Å². The zero-order valence-corrected chi connectivity index (χ0v) is 10.6. The van der Waals surface area contributed by atoms with Crippen molar-refractivity contribution in [2.24, 2.45) is 5.92 Å². The zero-order valence-electron chi connectivity index (χ0n) is 10.6. The molecule has 0 aromatic heterocycles. The van der Waals surface area contributed by atoms with Gasteiger partial charge in [-0.3, -0.25) is 4.79 Å². The fraction of sp³-hybridized carbons (Fsp3) is 0.923. The van der Waals surface area contributed by atoms with Gasteiger partial charge in [-0.05, 0) is 13.5 Å². The van der Waals surface area contributed by atoms with Gasteiger partial charge < -0.3 is 5.32 Å². The number of ketones is 1. The molecule has 2 nitrogen and oxygen atoms in total. The Bertz CT molecular complexity index is 157. The molecule has 0 aromatic carbocycles. The maximum atomic E-state index is 11.6. The fourth-order valence-electron chi connectivity index (χ4n) is 1.75. The maximum Gasteiger partial charge on any atom is 0.136 e. The monoisotopic (exact) mass is 213 g/mol. The predicted octanol–water partition coefficient (Wildman–Crippen LogP) is 3.16. The number of unbranched alkanes of at least 4 members (excludes halogenated alkanes) is 5. The third-order valence-electron chi connectivity index (χ3n) is 2.84. The Labute approximate surface area is 94.8 Å². The van der Waals surface area contributed by atoms with Crippen molar-refractivity contribution in [2.75, 3.05) is 13.6 Å². The number of hydrogen-bond acceptors (Lipinski definition) is 2. The highest BCUT2D eigenvalue weighted by Gasteiger charge is 2.10. The van der Waals surface area contributed by atoms with E-state index in [4.69, 9.17) is 0 Å². The van der Waals surface area contributed by atoms with E-state index in [9.17, 15) is 4.79 Å². The minimum absolute atomic E-state index is 0.186. The molecule has 0 spiro atoms. The summed E-state index contributed by atoms with van der Waals surface area (Å²) in [5.41, 5.74) is 0. The second kappa shape index (κ2) is 10.2. The zero-order chi connectivity index (χ0) is 11.5. The highest BCUT2D eigenvalue weighted by atomic mass is 16.1. The van der Waals surface area contributed by atoms with Crippen LogP contribution >= 0.6 is 0 Å². The number of carbonyl (C=O) groups is 1. The third-order valence-corrected chi connectivity index (χ3v) is 2.84. The van der Waals surface area contributed by atoms with Gasteiger partial charge in [-0.1, -0.05) is 46.0 Å². The lowest BCUT2D eigenvalue weighted by Crippen LogP contribution is -2.23. The van der Waals surface area contributed by atoms with Gasteiger partial charge in [0.2, 0.25) is 0 Å². The van der Waals surface area contributed by atoms with Crippen LogP contribution in [0.25, 0.3) is 0 Å². The van der Waals surface area contributed by atoms with Crippen LogP contribution in [0.15, 0.2) is 0 Å². The molecule has 0 radical (unpaired) electrons. The van der Waals surface area contributed by atoms with Crippen molar-refractivity contribution in [3.63, 3.8) is 0 Å². The molecule has 1 N–H and O–H groups in total. The normalized spacial score (nSPS) is 12.7. The Kier molecular flexibility index (Phi) is 9.91. The first kappa shape index (κ1) is 14.6. The maximum absolute atomic E-state index is 11.6. The first-order valence-corrected chi connectivity index (χ1v) is 6.39. The molecule has 0 bridgehead atoms. The lowest BCUT2D eigenvalue weighted by molar-refractivity contribution is -0.122. The van der Waals surface area contributed by atoms with E-state index in [1.807, 2.05) is 14.0 Å². The van der Waals surface area contributed by atoms with Crippen LogP contribution in [0.5, 0.6) is 0 Å². The van der Waals surface area contributed by atoms with Gasteiger partial charge in [0.15, 0.2) is 0 Å². The number of Topliss-reactive ketones (excluding diaryl/α,β-unsaturated/α-hetero) is 1. The SMILES string of the molecule is CCCCCCCCC(=O)C(C)CNC. The van der Waals surface area contributed by atoms with Gasteiger partial charge in [0.05, 0.1) is 0 Å². The number of nitrogens with one attached hydrogen (secondary N) is 1. The molecule has 0 aromatic rings. The summed E-state index contributed by atoms with van der Waals surface area (Å²) >= 11 is 0. The highest BCUT2D eigenvalue weighted by Crippen LogP contribution is 2.09. The van der Waals surface area contributed by atoms with Gasteiger partial charge in [-0.25, -0.2) is 0 Å². The second-order valence-corrected chi connectivity index (χ2v) is 4.44. The van der Waals surface area contributed by atoms with Gasteiger partial charge in [-0.15, -0.1) is 0 Å².